The van der Waals surface area contributed by atoms with Gasteiger partial charge in [-0.25, -0.2) is 9.97 Å². The molecule has 1 saturated carbocycles. The van der Waals surface area contributed by atoms with E-state index < -0.39 is 5.91 Å². The molecule has 2 aromatic rings. The summed E-state index contributed by atoms with van der Waals surface area (Å²) in [6.45, 7) is 3.49. The molecule has 2 heterocycles. The molecule has 144 valence electrons. The number of hydrogen-bond acceptors (Lipinski definition) is 7. The van der Waals surface area contributed by atoms with Crippen molar-refractivity contribution in [1.82, 2.24) is 9.97 Å². The molecule has 27 heavy (non-hydrogen) atoms. The predicted molar refractivity (Wildman–Crippen MR) is 105 cm³/mol. The first-order chi connectivity index (χ1) is 12.8. The van der Waals surface area contributed by atoms with Gasteiger partial charge in [0.1, 0.15) is 11.6 Å². The van der Waals surface area contributed by atoms with Gasteiger partial charge in [-0.1, -0.05) is 12.8 Å². The molecule has 0 aliphatic heterocycles. The van der Waals surface area contributed by atoms with E-state index in [1.165, 1.54) is 0 Å². The number of aryl methyl sites for hydroxylation is 2. The Kier molecular flexibility index (Phi) is 5.46. The Morgan fingerprint density at radius 3 is 2.67 bits per heavy atom. The molecule has 1 fully saturated rings. The van der Waals surface area contributed by atoms with Crippen LogP contribution in [0.1, 0.15) is 47.4 Å². The van der Waals surface area contributed by atoms with Crippen LogP contribution >= 0.6 is 0 Å². The molecule has 0 bridgehead atoms. The number of rotatable bonds is 5. The minimum atomic E-state index is -0.634. The highest BCUT2D eigenvalue weighted by atomic mass is 16.3. The van der Waals surface area contributed by atoms with Gasteiger partial charge < -0.3 is 27.2 Å². The molecule has 3 rings (SSSR count). The Morgan fingerprint density at radius 1 is 1.26 bits per heavy atom. The van der Waals surface area contributed by atoms with Crippen LogP contribution in [0.5, 0.6) is 5.75 Å². The zero-order valence-corrected chi connectivity index (χ0v) is 15.6. The van der Waals surface area contributed by atoms with Gasteiger partial charge >= 0.3 is 0 Å². The molecule has 7 N–H and O–H groups in total. The lowest BCUT2D eigenvalue weighted by molar-refractivity contribution is 0.0996. The molecule has 2 unspecified atom stereocenters. The second kappa shape index (κ2) is 7.79. The van der Waals surface area contributed by atoms with Crippen LogP contribution < -0.4 is 22.1 Å². The second-order valence-corrected chi connectivity index (χ2v) is 7.07. The van der Waals surface area contributed by atoms with E-state index >= 15 is 0 Å². The molecule has 0 radical (unpaired) electrons. The van der Waals surface area contributed by atoms with Crippen molar-refractivity contribution in [3.8, 4) is 5.75 Å². The van der Waals surface area contributed by atoms with Crippen molar-refractivity contribution >= 4 is 23.1 Å². The Hall–Kier alpha value is -2.87. The maximum atomic E-state index is 11.8. The summed E-state index contributed by atoms with van der Waals surface area (Å²) in [6, 6.07) is 3.75. The molecular weight excluding hydrogens is 344 g/mol. The van der Waals surface area contributed by atoms with Gasteiger partial charge in [-0.15, -0.1) is 0 Å². The van der Waals surface area contributed by atoms with Crippen LogP contribution in [0.2, 0.25) is 0 Å². The summed E-state index contributed by atoms with van der Waals surface area (Å²) in [5.41, 5.74) is 14.2. The first kappa shape index (κ1) is 18.9. The molecule has 1 amide bonds. The Balaban J connectivity index is 1.89. The van der Waals surface area contributed by atoms with Crippen LogP contribution in [-0.2, 0) is 0 Å². The first-order valence-electron chi connectivity index (χ1n) is 9.11. The highest BCUT2D eigenvalue weighted by molar-refractivity contribution is 5.97. The molecule has 8 nitrogen and oxygen atoms in total. The lowest BCUT2D eigenvalue weighted by atomic mass is 9.91. The third-order valence-corrected chi connectivity index (χ3v) is 4.91. The van der Waals surface area contributed by atoms with Gasteiger partial charge in [0.25, 0.3) is 5.91 Å². The SMILES string of the molecule is Cc1cc(Nc2cc(NC3CCCCC3N)cnc2C(N)=O)nc(C)c1O. The summed E-state index contributed by atoms with van der Waals surface area (Å²) < 4.78 is 0. The monoisotopic (exact) mass is 370 g/mol. The fourth-order valence-corrected chi connectivity index (χ4v) is 3.41. The highest BCUT2D eigenvalue weighted by Gasteiger charge is 2.22. The topological polar surface area (TPSA) is 139 Å². The molecule has 0 spiro atoms. The number of hydrogen-bond donors (Lipinski definition) is 5. The van der Waals surface area contributed by atoms with Crippen molar-refractivity contribution in [3.05, 3.63) is 35.3 Å². The number of aromatic nitrogens is 2. The lowest BCUT2D eigenvalue weighted by Crippen LogP contribution is -2.42. The molecule has 0 aromatic carbocycles. The summed E-state index contributed by atoms with van der Waals surface area (Å²) >= 11 is 0. The maximum Gasteiger partial charge on any atom is 0.269 e. The van der Waals surface area contributed by atoms with Gasteiger partial charge in [-0.05, 0) is 44.4 Å². The fourth-order valence-electron chi connectivity index (χ4n) is 3.41. The summed E-state index contributed by atoms with van der Waals surface area (Å²) in [5, 5.41) is 16.4. The number of carbonyl (C=O) groups excluding carboxylic acids is 1. The third kappa shape index (κ3) is 4.28. The van der Waals surface area contributed by atoms with Crippen molar-refractivity contribution in [3.63, 3.8) is 0 Å². The van der Waals surface area contributed by atoms with Crippen LogP contribution in [0.15, 0.2) is 18.3 Å². The van der Waals surface area contributed by atoms with E-state index in [1.807, 2.05) is 0 Å². The zero-order chi connectivity index (χ0) is 19.6. The number of aromatic hydroxyl groups is 1. The normalized spacial score (nSPS) is 19.5. The molecule has 2 atom stereocenters. The minimum absolute atomic E-state index is 0.0926. The number of amides is 1. The second-order valence-electron chi connectivity index (χ2n) is 7.07. The average Bonchev–Trinajstić information content (AvgIpc) is 2.61. The molecular formula is C19H26N6O2. The first-order valence-corrected chi connectivity index (χ1v) is 9.11. The third-order valence-electron chi connectivity index (χ3n) is 4.91. The highest BCUT2D eigenvalue weighted by Crippen LogP contribution is 2.28. The number of anilines is 3. The van der Waals surface area contributed by atoms with Crippen LogP contribution in [0.4, 0.5) is 17.2 Å². The van der Waals surface area contributed by atoms with Crippen LogP contribution in [-0.4, -0.2) is 33.1 Å². The van der Waals surface area contributed by atoms with Crippen molar-refractivity contribution < 1.29 is 9.90 Å². The Bertz CT molecular complexity index is 831. The number of primary amides is 1. The van der Waals surface area contributed by atoms with Crippen molar-refractivity contribution in [2.24, 2.45) is 11.5 Å². The van der Waals surface area contributed by atoms with Gasteiger partial charge in [-0.2, -0.15) is 0 Å². The number of nitrogens with one attached hydrogen (secondary N) is 2. The van der Waals surface area contributed by atoms with Gasteiger partial charge in [-0.3, -0.25) is 4.79 Å². The standard InChI is InChI=1S/C19H26N6O2/c1-10-7-16(23-11(2)18(10)26)25-15-8-12(9-22-17(15)19(21)27)24-14-6-4-3-5-13(14)20/h7-9,13-14,24,26H,3-6,20H2,1-2H3,(H2,21,27)(H,23,25). The van der Waals surface area contributed by atoms with Crippen LogP contribution in [0.3, 0.4) is 0 Å². The van der Waals surface area contributed by atoms with Crippen molar-refractivity contribution in [2.45, 2.75) is 51.6 Å². The van der Waals surface area contributed by atoms with Gasteiger partial charge in [0.15, 0.2) is 5.69 Å². The van der Waals surface area contributed by atoms with E-state index in [9.17, 15) is 9.90 Å². The predicted octanol–water partition coefficient (Wildman–Crippen LogP) is 2.32. The fraction of sp³-hybridized carbons (Fsp3) is 0.421. The van der Waals surface area contributed by atoms with E-state index in [1.54, 1.807) is 32.2 Å². The van der Waals surface area contributed by atoms with Crippen molar-refractivity contribution in [1.29, 1.82) is 0 Å². The molecule has 1 aliphatic rings. The molecule has 0 saturated heterocycles. The zero-order valence-electron chi connectivity index (χ0n) is 15.6. The van der Waals surface area contributed by atoms with Gasteiger partial charge in [0.2, 0.25) is 0 Å². The van der Waals surface area contributed by atoms with E-state index in [2.05, 4.69) is 20.6 Å². The summed E-state index contributed by atoms with van der Waals surface area (Å²) in [6.07, 6.45) is 5.87. The number of pyridine rings is 2. The smallest absolute Gasteiger partial charge is 0.269 e. The van der Waals surface area contributed by atoms with Crippen molar-refractivity contribution in [2.75, 3.05) is 10.6 Å². The molecule has 1 aliphatic carbocycles. The minimum Gasteiger partial charge on any atom is -0.506 e. The van der Waals surface area contributed by atoms with Crippen LogP contribution in [0, 0.1) is 13.8 Å². The Morgan fingerprint density at radius 2 is 2.00 bits per heavy atom. The number of nitrogens with zero attached hydrogens (tertiary/aromatic N) is 2. The van der Waals surface area contributed by atoms with E-state index in [-0.39, 0.29) is 23.5 Å². The quantitative estimate of drug-likeness (QED) is 0.544. The molecule has 8 heteroatoms. The number of carbonyl (C=O) groups is 1. The van der Waals surface area contributed by atoms with E-state index in [0.29, 0.717) is 22.8 Å². The van der Waals surface area contributed by atoms with Crippen LogP contribution in [0.25, 0.3) is 0 Å². The lowest BCUT2D eigenvalue weighted by Gasteiger charge is -2.30. The largest absolute Gasteiger partial charge is 0.506 e. The van der Waals surface area contributed by atoms with E-state index in [4.69, 9.17) is 11.5 Å². The summed E-state index contributed by atoms with van der Waals surface area (Å²) in [5.74, 6) is 0.0137. The summed E-state index contributed by atoms with van der Waals surface area (Å²) in [7, 11) is 0. The summed E-state index contributed by atoms with van der Waals surface area (Å²) in [4.78, 5) is 20.3. The molecule has 2 aromatic heterocycles. The average molecular weight is 370 g/mol. The number of nitrogens with two attached hydrogens (primary N) is 2. The van der Waals surface area contributed by atoms with Gasteiger partial charge in [0, 0.05) is 12.1 Å². The maximum absolute atomic E-state index is 11.8. The van der Waals surface area contributed by atoms with Gasteiger partial charge in [0.05, 0.1) is 23.3 Å². The van der Waals surface area contributed by atoms with E-state index in [0.717, 1.165) is 31.4 Å². The Labute approximate surface area is 158 Å².